The van der Waals surface area contributed by atoms with Crippen molar-refractivity contribution in [2.24, 2.45) is 0 Å². The molecule has 1 aromatic carbocycles. The number of carbonyl (C=O) groups excluding carboxylic acids is 2. The largest absolute Gasteiger partial charge is 0.344 e. The van der Waals surface area contributed by atoms with Crippen LogP contribution in [0.5, 0.6) is 0 Å². The number of halogens is 1. The molecule has 0 atom stereocenters. The maximum absolute atomic E-state index is 13.4. The SMILES string of the molecule is C=CCN(CC=C)C(=O)C(=O)NCc1ccccc1F. The van der Waals surface area contributed by atoms with E-state index in [0.29, 0.717) is 5.56 Å². The number of carbonyl (C=O) groups is 2. The monoisotopic (exact) mass is 276 g/mol. The van der Waals surface area contributed by atoms with E-state index in [2.05, 4.69) is 18.5 Å². The summed E-state index contributed by atoms with van der Waals surface area (Å²) < 4.78 is 13.4. The third-order valence-electron chi connectivity index (χ3n) is 2.58. The van der Waals surface area contributed by atoms with Crippen LogP contribution < -0.4 is 5.32 Å². The average molecular weight is 276 g/mol. The maximum Gasteiger partial charge on any atom is 0.312 e. The van der Waals surface area contributed by atoms with Crippen molar-refractivity contribution in [3.63, 3.8) is 0 Å². The van der Waals surface area contributed by atoms with Gasteiger partial charge in [-0.25, -0.2) is 4.39 Å². The Labute approximate surface area is 117 Å². The highest BCUT2D eigenvalue weighted by molar-refractivity contribution is 6.35. The first-order valence-electron chi connectivity index (χ1n) is 6.12. The molecule has 0 heterocycles. The van der Waals surface area contributed by atoms with Crippen LogP contribution in [0, 0.1) is 5.82 Å². The zero-order valence-electron chi connectivity index (χ0n) is 11.1. The van der Waals surface area contributed by atoms with Crippen molar-refractivity contribution in [1.82, 2.24) is 10.2 Å². The molecule has 5 heteroatoms. The summed E-state index contributed by atoms with van der Waals surface area (Å²) in [5.74, 6) is -1.90. The van der Waals surface area contributed by atoms with Crippen molar-refractivity contribution >= 4 is 11.8 Å². The summed E-state index contributed by atoms with van der Waals surface area (Å²) >= 11 is 0. The van der Waals surface area contributed by atoms with Crippen molar-refractivity contribution in [2.75, 3.05) is 13.1 Å². The smallest absolute Gasteiger partial charge is 0.312 e. The fourth-order valence-corrected chi connectivity index (χ4v) is 1.59. The molecule has 106 valence electrons. The van der Waals surface area contributed by atoms with Gasteiger partial charge in [-0.15, -0.1) is 13.2 Å². The van der Waals surface area contributed by atoms with Crippen LogP contribution in [0.15, 0.2) is 49.6 Å². The molecular weight excluding hydrogens is 259 g/mol. The Hall–Kier alpha value is -2.43. The van der Waals surface area contributed by atoms with E-state index in [1.165, 1.54) is 23.1 Å². The van der Waals surface area contributed by atoms with Crippen LogP contribution in [0.1, 0.15) is 5.56 Å². The summed E-state index contributed by atoms with van der Waals surface area (Å²) in [6.45, 7) is 7.50. The Kier molecular flexibility index (Phi) is 6.16. The van der Waals surface area contributed by atoms with Gasteiger partial charge in [0.25, 0.3) is 0 Å². The molecule has 2 amide bonds. The van der Waals surface area contributed by atoms with Gasteiger partial charge < -0.3 is 10.2 Å². The van der Waals surface area contributed by atoms with E-state index in [1.54, 1.807) is 18.2 Å². The van der Waals surface area contributed by atoms with Gasteiger partial charge in [-0.1, -0.05) is 30.4 Å². The molecule has 20 heavy (non-hydrogen) atoms. The summed E-state index contributed by atoms with van der Waals surface area (Å²) in [5.41, 5.74) is 0.327. The van der Waals surface area contributed by atoms with Gasteiger partial charge in [-0.05, 0) is 6.07 Å². The van der Waals surface area contributed by atoms with Crippen molar-refractivity contribution in [1.29, 1.82) is 0 Å². The van der Waals surface area contributed by atoms with E-state index in [1.807, 2.05) is 0 Å². The minimum atomic E-state index is -0.781. The lowest BCUT2D eigenvalue weighted by Crippen LogP contribution is -2.43. The predicted molar refractivity (Wildman–Crippen MR) is 75.2 cm³/mol. The Morgan fingerprint density at radius 2 is 1.80 bits per heavy atom. The average Bonchev–Trinajstić information content (AvgIpc) is 2.45. The molecule has 0 radical (unpaired) electrons. The van der Waals surface area contributed by atoms with Crippen molar-refractivity contribution < 1.29 is 14.0 Å². The van der Waals surface area contributed by atoms with E-state index in [-0.39, 0.29) is 19.6 Å². The van der Waals surface area contributed by atoms with Crippen LogP contribution in [0.3, 0.4) is 0 Å². The summed E-state index contributed by atoms with van der Waals surface area (Å²) in [6.07, 6.45) is 3.04. The summed E-state index contributed by atoms with van der Waals surface area (Å²) in [6, 6.07) is 6.06. The normalized spacial score (nSPS) is 9.65. The highest BCUT2D eigenvalue weighted by atomic mass is 19.1. The van der Waals surface area contributed by atoms with Gasteiger partial charge in [-0.3, -0.25) is 9.59 Å². The Morgan fingerprint density at radius 1 is 1.20 bits per heavy atom. The fourth-order valence-electron chi connectivity index (χ4n) is 1.59. The second-order valence-electron chi connectivity index (χ2n) is 4.06. The summed E-state index contributed by atoms with van der Waals surface area (Å²) in [7, 11) is 0. The van der Waals surface area contributed by atoms with Gasteiger partial charge in [-0.2, -0.15) is 0 Å². The first-order valence-corrected chi connectivity index (χ1v) is 6.12. The van der Waals surface area contributed by atoms with Crippen LogP contribution in [-0.4, -0.2) is 29.8 Å². The minimum absolute atomic E-state index is 0.0345. The lowest BCUT2D eigenvalue weighted by Gasteiger charge is -2.18. The third-order valence-corrected chi connectivity index (χ3v) is 2.58. The summed E-state index contributed by atoms with van der Waals surface area (Å²) in [5, 5.41) is 2.40. The molecule has 0 saturated heterocycles. The summed E-state index contributed by atoms with van der Waals surface area (Å²) in [4.78, 5) is 24.9. The van der Waals surface area contributed by atoms with E-state index in [4.69, 9.17) is 0 Å². The second kappa shape index (κ2) is 7.89. The number of hydrogen-bond acceptors (Lipinski definition) is 2. The standard InChI is InChI=1S/C15H17FN2O2/c1-3-9-18(10-4-2)15(20)14(19)17-11-12-7-5-6-8-13(12)16/h3-8H,1-2,9-11H2,(H,17,19). The van der Waals surface area contributed by atoms with E-state index in [9.17, 15) is 14.0 Å². The first kappa shape index (κ1) is 15.6. The number of nitrogens with zero attached hydrogens (tertiary/aromatic N) is 1. The third kappa shape index (κ3) is 4.35. The van der Waals surface area contributed by atoms with Crippen molar-refractivity contribution in [2.45, 2.75) is 6.54 Å². The van der Waals surface area contributed by atoms with Crippen LogP contribution in [0.2, 0.25) is 0 Å². The molecule has 0 fully saturated rings. The number of nitrogens with one attached hydrogen (secondary N) is 1. The van der Waals surface area contributed by atoms with E-state index in [0.717, 1.165) is 0 Å². The minimum Gasteiger partial charge on any atom is -0.344 e. The highest BCUT2D eigenvalue weighted by Gasteiger charge is 2.19. The quantitative estimate of drug-likeness (QED) is 0.634. The van der Waals surface area contributed by atoms with Gasteiger partial charge in [0.2, 0.25) is 0 Å². The molecule has 0 spiro atoms. The fraction of sp³-hybridized carbons (Fsp3) is 0.200. The van der Waals surface area contributed by atoms with Gasteiger partial charge >= 0.3 is 11.8 Å². The van der Waals surface area contributed by atoms with Crippen molar-refractivity contribution in [3.8, 4) is 0 Å². The Balaban J connectivity index is 2.61. The molecule has 0 saturated carbocycles. The Morgan fingerprint density at radius 3 is 2.35 bits per heavy atom. The molecule has 0 unspecified atom stereocenters. The topological polar surface area (TPSA) is 49.4 Å². The van der Waals surface area contributed by atoms with Crippen molar-refractivity contribution in [3.05, 3.63) is 61.0 Å². The molecule has 0 aliphatic carbocycles. The van der Waals surface area contributed by atoms with Gasteiger partial charge in [0.05, 0.1) is 0 Å². The van der Waals surface area contributed by atoms with Crippen LogP contribution >= 0.6 is 0 Å². The molecule has 1 aromatic rings. The molecule has 0 bridgehead atoms. The van der Waals surface area contributed by atoms with Crippen LogP contribution in [0.25, 0.3) is 0 Å². The predicted octanol–water partition coefficient (Wildman–Crippen LogP) is 1.64. The maximum atomic E-state index is 13.4. The number of rotatable bonds is 6. The number of benzene rings is 1. The molecule has 0 aromatic heterocycles. The zero-order valence-corrected chi connectivity index (χ0v) is 11.1. The van der Waals surface area contributed by atoms with Gasteiger partial charge in [0.15, 0.2) is 0 Å². The molecule has 1 rings (SSSR count). The Bertz CT molecular complexity index is 504. The number of hydrogen-bond donors (Lipinski definition) is 1. The van der Waals surface area contributed by atoms with E-state index < -0.39 is 17.6 Å². The lowest BCUT2D eigenvalue weighted by molar-refractivity contribution is -0.145. The molecule has 1 N–H and O–H groups in total. The zero-order chi connectivity index (χ0) is 15.0. The van der Waals surface area contributed by atoms with Crippen LogP contribution in [0.4, 0.5) is 4.39 Å². The number of amides is 2. The van der Waals surface area contributed by atoms with Crippen LogP contribution in [-0.2, 0) is 16.1 Å². The lowest BCUT2D eigenvalue weighted by atomic mass is 10.2. The first-order chi connectivity index (χ1) is 9.60. The second-order valence-corrected chi connectivity index (χ2v) is 4.06. The highest BCUT2D eigenvalue weighted by Crippen LogP contribution is 2.05. The van der Waals surface area contributed by atoms with Gasteiger partial charge in [0, 0.05) is 25.2 Å². The molecule has 0 aliphatic heterocycles. The molecule has 0 aliphatic rings. The molecule has 4 nitrogen and oxygen atoms in total. The van der Waals surface area contributed by atoms with E-state index >= 15 is 0 Å². The van der Waals surface area contributed by atoms with Gasteiger partial charge in [0.1, 0.15) is 5.82 Å². The molecular formula is C15H17FN2O2.